The summed E-state index contributed by atoms with van der Waals surface area (Å²) in [5, 5.41) is 10.2. The van der Waals surface area contributed by atoms with E-state index in [4.69, 9.17) is 16.3 Å². The van der Waals surface area contributed by atoms with Crippen LogP contribution in [-0.2, 0) is 11.3 Å². The molecule has 1 atom stereocenters. The third-order valence-corrected chi connectivity index (χ3v) is 7.69. The van der Waals surface area contributed by atoms with E-state index in [1.807, 2.05) is 17.5 Å². The summed E-state index contributed by atoms with van der Waals surface area (Å²) in [6.45, 7) is 2.03. The Kier molecular flexibility index (Phi) is 5.66. The van der Waals surface area contributed by atoms with Crippen molar-refractivity contribution < 1.29 is 14.3 Å². The quantitative estimate of drug-likeness (QED) is 0.567. The summed E-state index contributed by atoms with van der Waals surface area (Å²) >= 11 is 7.96. The van der Waals surface area contributed by atoms with Gasteiger partial charge in [0.1, 0.15) is 22.7 Å². The van der Waals surface area contributed by atoms with Gasteiger partial charge < -0.3 is 10.1 Å². The fourth-order valence-electron chi connectivity index (χ4n) is 4.74. The Hall–Kier alpha value is -2.84. The SMILES string of the molecule is COc1ccc(N2C(=O)c3cc(-c4cccs4)nn3C[C@@]2(C)C(=O)NC2CCCC2)cc1Cl. The highest BCUT2D eigenvalue weighted by Crippen LogP contribution is 2.38. The Morgan fingerprint density at radius 1 is 1.27 bits per heavy atom. The summed E-state index contributed by atoms with van der Waals surface area (Å²) in [4.78, 5) is 30.0. The van der Waals surface area contributed by atoms with E-state index in [1.54, 1.807) is 52.1 Å². The molecular formula is C24H25ClN4O3S. The first-order chi connectivity index (χ1) is 15.9. The molecule has 2 aromatic heterocycles. The summed E-state index contributed by atoms with van der Waals surface area (Å²) in [5.41, 5.74) is 0.529. The Balaban J connectivity index is 1.59. The van der Waals surface area contributed by atoms with Crippen LogP contribution in [0.4, 0.5) is 5.69 Å². The number of ether oxygens (including phenoxy) is 1. The fraction of sp³-hybridized carbons (Fsp3) is 0.375. The first-order valence-corrected chi connectivity index (χ1v) is 12.3. The van der Waals surface area contributed by atoms with Crippen LogP contribution in [0.3, 0.4) is 0 Å². The predicted octanol–water partition coefficient (Wildman–Crippen LogP) is 4.75. The van der Waals surface area contributed by atoms with E-state index in [2.05, 4.69) is 10.4 Å². The van der Waals surface area contributed by atoms with Crippen molar-refractivity contribution in [3.05, 3.63) is 52.5 Å². The van der Waals surface area contributed by atoms with Crippen molar-refractivity contribution in [3.8, 4) is 16.3 Å². The van der Waals surface area contributed by atoms with Crippen molar-refractivity contribution >= 4 is 40.4 Å². The third-order valence-electron chi connectivity index (χ3n) is 6.50. The number of nitrogens with one attached hydrogen (secondary N) is 1. The zero-order valence-corrected chi connectivity index (χ0v) is 20.1. The van der Waals surface area contributed by atoms with Gasteiger partial charge in [-0.15, -0.1) is 11.3 Å². The molecule has 1 N–H and O–H groups in total. The first kappa shape index (κ1) is 22.0. The van der Waals surface area contributed by atoms with E-state index in [0.29, 0.717) is 22.2 Å². The number of aromatic nitrogens is 2. The van der Waals surface area contributed by atoms with Crippen molar-refractivity contribution in [3.63, 3.8) is 0 Å². The Morgan fingerprint density at radius 2 is 2.06 bits per heavy atom. The fourth-order valence-corrected chi connectivity index (χ4v) is 5.67. The van der Waals surface area contributed by atoms with Gasteiger partial charge in [-0.05, 0) is 55.5 Å². The number of hydrogen-bond donors (Lipinski definition) is 1. The summed E-state index contributed by atoms with van der Waals surface area (Å²) in [5.74, 6) is 0.0300. The molecule has 1 aliphatic carbocycles. The van der Waals surface area contributed by atoms with Crippen LogP contribution in [-0.4, -0.2) is 40.3 Å². The minimum atomic E-state index is -1.18. The lowest BCUT2D eigenvalue weighted by Crippen LogP contribution is -2.65. The van der Waals surface area contributed by atoms with Crippen LogP contribution in [0.5, 0.6) is 5.75 Å². The van der Waals surface area contributed by atoms with Crippen LogP contribution in [0, 0.1) is 0 Å². The van der Waals surface area contributed by atoms with E-state index in [9.17, 15) is 9.59 Å². The van der Waals surface area contributed by atoms with Crippen LogP contribution in [0.25, 0.3) is 10.6 Å². The molecule has 9 heteroatoms. The average molecular weight is 485 g/mol. The number of amides is 2. The molecule has 0 radical (unpaired) electrons. The minimum absolute atomic E-state index is 0.131. The largest absolute Gasteiger partial charge is 0.495 e. The van der Waals surface area contributed by atoms with Gasteiger partial charge in [-0.3, -0.25) is 19.2 Å². The molecule has 172 valence electrons. The Labute approximate surface area is 201 Å². The molecule has 0 saturated heterocycles. The van der Waals surface area contributed by atoms with Gasteiger partial charge in [0.25, 0.3) is 5.91 Å². The van der Waals surface area contributed by atoms with Crippen LogP contribution >= 0.6 is 22.9 Å². The normalized spacial score (nSPS) is 20.7. The van der Waals surface area contributed by atoms with Gasteiger partial charge in [0.05, 0.1) is 23.6 Å². The molecule has 7 nitrogen and oxygen atoms in total. The Bertz CT molecular complexity index is 1200. The highest BCUT2D eigenvalue weighted by atomic mass is 35.5. The first-order valence-electron chi connectivity index (χ1n) is 11.0. The molecule has 2 aliphatic rings. The van der Waals surface area contributed by atoms with E-state index >= 15 is 0 Å². The molecule has 33 heavy (non-hydrogen) atoms. The highest BCUT2D eigenvalue weighted by molar-refractivity contribution is 7.13. The molecule has 3 aromatic rings. The number of benzene rings is 1. The number of fused-ring (bicyclic) bond motifs is 1. The van der Waals surface area contributed by atoms with Crippen LogP contribution in [0.15, 0.2) is 41.8 Å². The number of carbonyl (C=O) groups is 2. The van der Waals surface area contributed by atoms with E-state index in [-0.39, 0.29) is 24.4 Å². The number of hydrogen-bond acceptors (Lipinski definition) is 5. The topological polar surface area (TPSA) is 76.5 Å². The van der Waals surface area contributed by atoms with Crippen molar-refractivity contribution in [1.82, 2.24) is 15.1 Å². The molecule has 5 rings (SSSR count). The lowest BCUT2D eigenvalue weighted by Gasteiger charge is -2.43. The second-order valence-corrected chi connectivity index (χ2v) is 10.1. The zero-order valence-electron chi connectivity index (χ0n) is 18.5. The van der Waals surface area contributed by atoms with Crippen molar-refractivity contribution in [1.29, 1.82) is 0 Å². The number of thiophene rings is 1. The average Bonchev–Trinajstić information content (AvgIpc) is 3.55. The molecule has 0 unspecified atom stereocenters. The molecule has 1 saturated carbocycles. The second kappa shape index (κ2) is 8.50. The second-order valence-electron chi connectivity index (χ2n) is 8.74. The predicted molar refractivity (Wildman–Crippen MR) is 129 cm³/mol. The van der Waals surface area contributed by atoms with E-state index < -0.39 is 5.54 Å². The lowest BCUT2D eigenvalue weighted by molar-refractivity contribution is -0.127. The minimum Gasteiger partial charge on any atom is -0.495 e. The van der Waals surface area contributed by atoms with Gasteiger partial charge in [0, 0.05) is 11.7 Å². The number of anilines is 1. The molecule has 1 aromatic carbocycles. The molecule has 1 fully saturated rings. The summed E-state index contributed by atoms with van der Waals surface area (Å²) in [6, 6.07) is 11.0. The number of nitrogens with zero attached hydrogens (tertiary/aromatic N) is 3. The van der Waals surface area contributed by atoms with Crippen LogP contribution in [0.2, 0.25) is 5.02 Å². The number of rotatable bonds is 5. The van der Waals surface area contributed by atoms with Crippen molar-refractivity contribution in [2.24, 2.45) is 0 Å². The van der Waals surface area contributed by atoms with Crippen LogP contribution in [0.1, 0.15) is 43.1 Å². The number of carbonyl (C=O) groups excluding carboxylic acids is 2. The molecular weight excluding hydrogens is 460 g/mol. The van der Waals surface area contributed by atoms with Gasteiger partial charge in [0.2, 0.25) is 5.91 Å². The van der Waals surface area contributed by atoms with Gasteiger partial charge in [0.15, 0.2) is 0 Å². The van der Waals surface area contributed by atoms with Crippen LogP contribution < -0.4 is 15.0 Å². The summed E-state index contributed by atoms with van der Waals surface area (Å²) < 4.78 is 6.94. The molecule has 0 spiro atoms. The van der Waals surface area contributed by atoms with E-state index in [0.717, 1.165) is 36.3 Å². The smallest absolute Gasteiger partial charge is 0.277 e. The maximum Gasteiger partial charge on any atom is 0.277 e. The van der Waals surface area contributed by atoms with E-state index in [1.165, 1.54) is 7.11 Å². The van der Waals surface area contributed by atoms with Crippen molar-refractivity contribution in [2.45, 2.75) is 50.7 Å². The standard InChI is InChI=1S/C24H25ClN4O3S/c1-24(23(31)26-15-6-3-4-7-15)14-28-19(13-18(27-28)21-8-5-11-33-21)22(30)29(24)16-9-10-20(32-2)17(25)12-16/h5,8-13,15H,3-4,6-7,14H2,1-2H3,(H,26,31)/t24-/m0/s1. The highest BCUT2D eigenvalue weighted by Gasteiger charge is 2.49. The molecule has 1 aliphatic heterocycles. The number of methoxy groups -OCH3 is 1. The zero-order chi connectivity index (χ0) is 23.2. The Morgan fingerprint density at radius 3 is 2.73 bits per heavy atom. The van der Waals surface area contributed by atoms with Gasteiger partial charge in [-0.25, -0.2) is 0 Å². The monoisotopic (exact) mass is 484 g/mol. The maximum atomic E-state index is 13.8. The number of halogens is 1. The third kappa shape index (κ3) is 3.81. The molecule has 0 bridgehead atoms. The summed E-state index contributed by atoms with van der Waals surface area (Å²) in [7, 11) is 1.54. The van der Waals surface area contributed by atoms with Gasteiger partial charge >= 0.3 is 0 Å². The lowest BCUT2D eigenvalue weighted by atomic mass is 9.93. The molecule has 2 amide bonds. The van der Waals surface area contributed by atoms with Gasteiger partial charge in [-0.2, -0.15) is 5.10 Å². The maximum absolute atomic E-state index is 13.8. The summed E-state index contributed by atoms with van der Waals surface area (Å²) in [6.07, 6.45) is 4.12. The van der Waals surface area contributed by atoms with Crippen molar-refractivity contribution in [2.75, 3.05) is 12.0 Å². The molecule has 3 heterocycles. The van der Waals surface area contributed by atoms with Gasteiger partial charge in [-0.1, -0.05) is 30.5 Å².